The summed E-state index contributed by atoms with van der Waals surface area (Å²) in [5.41, 5.74) is 0.732. The first-order chi connectivity index (χ1) is 12.0. The molecule has 0 saturated carbocycles. The number of ether oxygens (including phenoxy) is 1. The molecule has 0 N–H and O–H groups in total. The average Bonchev–Trinajstić information content (AvgIpc) is 3.32. The molecule has 2 unspecified atom stereocenters. The number of rotatable bonds is 3. The number of amides is 1. The molecule has 1 aromatic heterocycles. The van der Waals surface area contributed by atoms with Crippen molar-refractivity contribution in [2.45, 2.75) is 51.2 Å². The molecule has 1 aromatic carbocycles. The number of halogens is 1. The molecule has 25 heavy (non-hydrogen) atoms. The van der Waals surface area contributed by atoms with Gasteiger partial charge in [0, 0.05) is 24.4 Å². The van der Waals surface area contributed by atoms with E-state index in [2.05, 4.69) is 10.1 Å². The molecule has 0 aliphatic carbocycles. The number of hydrogen-bond acceptors (Lipinski definition) is 5. The van der Waals surface area contributed by atoms with Gasteiger partial charge in [0.2, 0.25) is 5.89 Å². The zero-order chi connectivity index (χ0) is 17.6. The van der Waals surface area contributed by atoms with E-state index in [4.69, 9.17) is 9.26 Å². The van der Waals surface area contributed by atoms with Crippen LogP contribution in [0.4, 0.5) is 4.39 Å². The van der Waals surface area contributed by atoms with Crippen LogP contribution in [-0.2, 0) is 11.2 Å². The van der Waals surface area contributed by atoms with E-state index in [0.717, 1.165) is 18.4 Å². The maximum Gasteiger partial charge on any atom is 0.264 e. The molecule has 1 saturated heterocycles. The van der Waals surface area contributed by atoms with E-state index in [1.54, 1.807) is 17.0 Å². The minimum Gasteiger partial charge on any atom is -0.477 e. The fourth-order valence-electron chi connectivity index (χ4n) is 3.47. The second kappa shape index (κ2) is 6.13. The van der Waals surface area contributed by atoms with Crippen molar-refractivity contribution >= 4 is 5.91 Å². The molecule has 0 radical (unpaired) electrons. The van der Waals surface area contributed by atoms with Gasteiger partial charge in [-0.05, 0) is 18.9 Å². The summed E-state index contributed by atoms with van der Waals surface area (Å²) >= 11 is 0. The number of nitrogens with zero attached hydrogens (tertiary/aromatic N) is 3. The van der Waals surface area contributed by atoms with Crippen LogP contribution in [0.5, 0.6) is 5.75 Å². The van der Waals surface area contributed by atoms with Crippen molar-refractivity contribution < 1.29 is 18.4 Å². The predicted molar refractivity (Wildman–Crippen MR) is 86.6 cm³/mol. The van der Waals surface area contributed by atoms with Gasteiger partial charge in [-0.2, -0.15) is 4.98 Å². The first kappa shape index (κ1) is 16.1. The molecule has 6 nitrogen and oxygen atoms in total. The first-order valence-corrected chi connectivity index (χ1v) is 8.62. The molecule has 3 heterocycles. The number of carbonyl (C=O) groups is 1. The fraction of sp³-hybridized carbons (Fsp3) is 0.500. The van der Waals surface area contributed by atoms with Crippen LogP contribution < -0.4 is 4.74 Å². The molecule has 0 spiro atoms. The van der Waals surface area contributed by atoms with Crippen molar-refractivity contribution in [3.8, 4) is 5.75 Å². The lowest BCUT2D eigenvalue weighted by atomic mass is 10.1. The van der Waals surface area contributed by atoms with Crippen molar-refractivity contribution in [3.63, 3.8) is 0 Å². The first-order valence-electron chi connectivity index (χ1n) is 8.62. The molecular weight excluding hydrogens is 325 g/mol. The Hall–Kier alpha value is -2.44. The van der Waals surface area contributed by atoms with Crippen LogP contribution in [0.2, 0.25) is 0 Å². The van der Waals surface area contributed by atoms with Crippen molar-refractivity contribution in [2.75, 3.05) is 6.54 Å². The number of hydrogen-bond donors (Lipinski definition) is 0. The normalized spacial score (nSPS) is 22.3. The Morgan fingerprint density at radius 3 is 2.96 bits per heavy atom. The third-order valence-electron chi connectivity index (χ3n) is 4.77. The Morgan fingerprint density at radius 2 is 2.24 bits per heavy atom. The van der Waals surface area contributed by atoms with Crippen LogP contribution in [0.3, 0.4) is 0 Å². The van der Waals surface area contributed by atoms with Gasteiger partial charge in [0.1, 0.15) is 0 Å². The number of aromatic nitrogens is 2. The number of benzene rings is 1. The number of likely N-dealkylation sites (tertiary alicyclic amines) is 1. The van der Waals surface area contributed by atoms with Crippen LogP contribution in [0, 0.1) is 5.82 Å². The molecule has 1 amide bonds. The lowest BCUT2D eigenvalue weighted by Gasteiger charge is -2.25. The molecule has 0 bridgehead atoms. The monoisotopic (exact) mass is 345 g/mol. The molecule has 1 fully saturated rings. The van der Waals surface area contributed by atoms with Gasteiger partial charge in [0.05, 0.1) is 6.04 Å². The summed E-state index contributed by atoms with van der Waals surface area (Å²) in [4.78, 5) is 19.1. The summed E-state index contributed by atoms with van der Waals surface area (Å²) in [7, 11) is 0. The zero-order valence-corrected chi connectivity index (χ0v) is 14.2. The van der Waals surface area contributed by atoms with Crippen molar-refractivity contribution in [2.24, 2.45) is 0 Å². The third kappa shape index (κ3) is 2.77. The SMILES string of the molecule is CC(C)c1nc(C2CCCN2C(=O)C2Cc3cccc(F)c3O2)no1. The quantitative estimate of drug-likeness (QED) is 0.855. The maximum absolute atomic E-state index is 13.8. The Morgan fingerprint density at radius 1 is 1.40 bits per heavy atom. The smallest absolute Gasteiger partial charge is 0.264 e. The highest BCUT2D eigenvalue weighted by molar-refractivity contribution is 5.83. The van der Waals surface area contributed by atoms with E-state index in [0.29, 0.717) is 24.7 Å². The molecule has 7 heteroatoms. The molecule has 2 aliphatic heterocycles. The van der Waals surface area contributed by atoms with Crippen LogP contribution in [0.25, 0.3) is 0 Å². The van der Waals surface area contributed by atoms with Crippen LogP contribution in [0.15, 0.2) is 22.7 Å². The maximum atomic E-state index is 13.8. The van der Waals surface area contributed by atoms with Gasteiger partial charge in [0.15, 0.2) is 23.5 Å². The summed E-state index contributed by atoms with van der Waals surface area (Å²) in [6.07, 6.45) is 1.36. The van der Waals surface area contributed by atoms with Gasteiger partial charge >= 0.3 is 0 Å². The van der Waals surface area contributed by atoms with Crippen molar-refractivity contribution in [3.05, 3.63) is 41.3 Å². The highest BCUT2D eigenvalue weighted by Crippen LogP contribution is 2.36. The average molecular weight is 345 g/mol. The van der Waals surface area contributed by atoms with Gasteiger partial charge in [-0.1, -0.05) is 31.1 Å². The van der Waals surface area contributed by atoms with E-state index in [9.17, 15) is 9.18 Å². The van der Waals surface area contributed by atoms with Crippen LogP contribution in [0.1, 0.15) is 55.9 Å². The highest BCUT2D eigenvalue weighted by atomic mass is 19.1. The van der Waals surface area contributed by atoms with Crippen molar-refractivity contribution in [1.29, 1.82) is 0 Å². The van der Waals surface area contributed by atoms with Gasteiger partial charge < -0.3 is 14.2 Å². The Kier molecular flexibility index (Phi) is 3.94. The summed E-state index contributed by atoms with van der Waals surface area (Å²) in [5, 5.41) is 4.05. The van der Waals surface area contributed by atoms with Crippen LogP contribution >= 0.6 is 0 Å². The largest absolute Gasteiger partial charge is 0.477 e. The van der Waals surface area contributed by atoms with E-state index in [1.165, 1.54) is 6.07 Å². The molecule has 2 aliphatic rings. The lowest BCUT2D eigenvalue weighted by molar-refractivity contribution is -0.139. The van der Waals surface area contributed by atoms with Gasteiger partial charge in [-0.3, -0.25) is 4.79 Å². The molecule has 2 aromatic rings. The highest BCUT2D eigenvalue weighted by Gasteiger charge is 2.40. The molecular formula is C18H20FN3O3. The van der Waals surface area contributed by atoms with E-state index in [1.807, 2.05) is 13.8 Å². The number of para-hydroxylation sites is 1. The van der Waals surface area contributed by atoms with E-state index < -0.39 is 11.9 Å². The molecule has 132 valence electrons. The Bertz CT molecular complexity index is 805. The topological polar surface area (TPSA) is 68.5 Å². The van der Waals surface area contributed by atoms with Crippen LogP contribution in [-0.4, -0.2) is 33.6 Å². The summed E-state index contributed by atoms with van der Waals surface area (Å²) in [5.74, 6) is 0.873. The molecule has 4 rings (SSSR count). The number of carbonyl (C=O) groups excluding carboxylic acids is 1. The zero-order valence-electron chi connectivity index (χ0n) is 14.2. The lowest BCUT2D eigenvalue weighted by Crippen LogP contribution is -2.41. The second-order valence-corrected chi connectivity index (χ2v) is 6.87. The minimum absolute atomic E-state index is 0.141. The minimum atomic E-state index is -0.691. The summed E-state index contributed by atoms with van der Waals surface area (Å²) < 4.78 is 24.7. The van der Waals surface area contributed by atoms with E-state index >= 15 is 0 Å². The summed E-state index contributed by atoms with van der Waals surface area (Å²) in [6.45, 7) is 4.58. The molecule has 2 atom stereocenters. The Labute approximate surface area is 145 Å². The fourth-order valence-corrected chi connectivity index (χ4v) is 3.47. The van der Waals surface area contributed by atoms with E-state index in [-0.39, 0.29) is 23.6 Å². The van der Waals surface area contributed by atoms with Gasteiger partial charge in [-0.15, -0.1) is 0 Å². The predicted octanol–water partition coefficient (Wildman–Crippen LogP) is 3.00. The van der Waals surface area contributed by atoms with Gasteiger partial charge in [-0.25, -0.2) is 4.39 Å². The number of fused-ring (bicyclic) bond motifs is 1. The second-order valence-electron chi connectivity index (χ2n) is 6.87. The van der Waals surface area contributed by atoms with Gasteiger partial charge in [0.25, 0.3) is 5.91 Å². The Balaban J connectivity index is 1.53. The summed E-state index contributed by atoms with van der Waals surface area (Å²) in [6, 6.07) is 4.56. The standard InChI is InChI=1S/C18H20FN3O3/c1-10(2)17-20-16(21-25-17)13-7-4-8-22(13)18(23)14-9-11-5-3-6-12(19)15(11)24-14/h3,5-6,10,13-14H,4,7-9H2,1-2H3. The van der Waals surface area contributed by atoms with Crippen molar-refractivity contribution in [1.82, 2.24) is 15.0 Å². The third-order valence-corrected chi connectivity index (χ3v) is 4.77.